The van der Waals surface area contributed by atoms with Crippen LogP contribution in [0.1, 0.15) is 12.8 Å². The van der Waals surface area contributed by atoms with Crippen LogP contribution in [0, 0.1) is 10.1 Å². The zero-order valence-corrected chi connectivity index (χ0v) is 8.85. The maximum atomic E-state index is 10.4. The monoisotopic (exact) mass is 222 g/mol. The minimum atomic E-state index is -0.445. The van der Waals surface area contributed by atoms with E-state index in [-0.39, 0.29) is 5.69 Å². The molecule has 1 aliphatic heterocycles. The van der Waals surface area contributed by atoms with Gasteiger partial charge in [-0.05, 0) is 25.5 Å². The quantitative estimate of drug-likeness (QED) is 0.592. The second-order valence-electron chi connectivity index (χ2n) is 3.85. The zero-order chi connectivity index (χ0) is 11.4. The lowest BCUT2D eigenvalue weighted by Gasteiger charge is -2.24. The SMILES string of the molecule is O=[N+]([O-])c1ccc(NC2CCCNC2)nc1. The van der Waals surface area contributed by atoms with Crippen LogP contribution in [0.15, 0.2) is 18.3 Å². The first-order chi connectivity index (χ1) is 7.75. The highest BCUT2D eigenvalue weighted by Crippen LogP contribution is 2.14. The number of aromatic nitrogens is 1. The van der Waals surface area contributed by atoms with Gasteiger partial charge in [0.1, 0.15) is 12.0 Å². The van der Waals surface area contributed by atoms with Crippen LogP contribution < -0.4 is 10.6 Å². The van der Waals surface area contributed by atoms with Crippen LogP contribution in [0.4, 0.5) is 11.5 Å². The van der Waals surface area contributed by atoms with Gasteiger partial charge in [-0.1, -0.05) is 0 Å². The Bertz CT molecular complexity index is 360. The van der Waals surface area contributed by atoms with Gasteiger partial charge in [-0.15, -0.1) is 0 Å². The van der Waals surface area contributed by atoms with Gasteiger partial charge in [0.05, 0.1) is 4.92 Å². The molecule has 0 bridgehead atoms. The summed E-state index contributed by atoms with van der Waals surface area (Å²) < 4.78 is 0. The Kier molecular flexibility index (Phi) is 3.31. The standard InChI is InChI=1S/C10H14N4O2/c15-14(16)9-3-4-10(12-7-9)13-8-2-1-5-11-6-8/h3-4,7-8,11H,1-2,5-6H2,(H,12,13). The van der Waals surface area contributed by atoms with E-state index in [0.29, 0.717) is 11.9 Å². The van der Waals surface area contributed by atoms with Crippen LogP contribution in [0.25, 0.3) is 0 Å². The lowest BCUT2D eigenvalue weighted by molar-refractivity contribution is -0.385. The molecule has 1 aromatic heterocycles. The van der Waals surface area contributed by atoms with E-state index in [2.05, 4.69) is 15.6 Å². The van der Waals surface area contributed by atoms with Crippen LogP contribution in [0.2, 0.25) is 0 Å². The minimum Gasteiger partial charge on any atom is -0.366 e. The zero-order valence-electron chi connectivity index (χ0n) is 8.85. The van der Waals surface area contributed by atoms with E-state index in [1.165, 1.54) is 12.3 Å². The molecule has 0 aliphatic carbocycles. The summed E-state index contributed by atoms with van der Waals surface area (Å²) in [5, 5.41) is 17.0. The van der Waals surface area contributed by atoms with Crippen molar-refractivity contribution < 1.29 is 4.92 Å². The van der Waals surface area contributed by atoms with Gasteiger partial charge < -0.3 is 10.6 Å². The van der Waals surface area contributed by atoms with Crippen molar-refractivity contribution in [3.63, 3.8) is 0 Å². The van der Waals surface area contributed by atoms with Gasteiger partial charge in [0.25, 0.3) is 5.69 Å². The summed E-state index contributed by atoms with van der Waals surface area (Å²) in [7, 11) is 0. The molecule has 0 spiro atoms. The van der Waals surface area contributed by atoms with E-state index in [9.17, 15) is 10.1 Å². The molecular formula is C10H14N4O2. The maximum Gasteiger partial charge on any atom is 0.287 e. The van der Waals surface area contributed by atoms with Crippen LogP contribution in [0.5, 0.6) is 0 Å². The molecule has 0 aromatic carbocycles. The van der Waals surface area contributed by atoms with Gasteiger partial charge >= 0.3 is 0 Å². The molecule has 1 atom stereocenters. The normalized spacial score (nSPS) is 20.4. The fourth-order valence-corrected chi connectivity index (χ4v) is 1.76. The second kappa shape index (κ2) is 4.89. The smallest absolute Gasteiger partial charge is 0.287 e. The van der Waals surface area contributed by atoms with Crippen molar-refractivity contribution in [3.05, 3.63) is 28.4 Å². The number of nitro groups is 1. The third kappa shape index (κ3) is 2.66. The maximum absolute atomic E-state index is 10.4. The first-order valence-corrected chi connectivity index (χ1v) is 5.33. The Hall–Kier alpha value is -1.69. The number of nitrogens with zero attached hydrogens (tertiary/aromatic N) is 2. The van der Waals surface area contributed by atoms with Crippen molar-refractivity contribution in [2.45, 2.75) is 18.9 Å². The highest BCUT2D eigenvalue weighted by Gasteiger charge is 2.13. The molecule has 1 saturated heterocycles. The van der Waals surface area contributed by atoms with E-state index in [1.807, 2.05) is 0 Å². The van der Waals surface area contributed by atoms with E-state index in [0.717, 1.165) is 25.9 Å². The van der Waals surface area contributed by atoms with Crippen LogP contribution in [-0.2, 0) is 0 Å². The summed E-state index contributed by atoms with van der Waals surface area (Å²) in [4.78, 5) is 14.0. The Labute approximate surface area is 93.2 Å². The number of hydrogen-bond acceptors (Lipinski definition) is 5. The molecule has 16 heavy (non-hydrogen) atoms. The van der Waals surface area contributed by atoms with E-state index in [4.69, 9.17) is 0 Å². The number of hydrogen-bond donors (Lipinski definition) is 2. The van der Waals surface area contributed by atoms with E-state index < -0.39 is 4.92 Å². The number of nitrogens with one attached hydrogen (secondary N) is 2. The third-order valence-electron chi connectivity index (χ3n) is 2.61. The van der Waals surface area contributed by atoms with Crippen molar-refractivity contribution in [2.75, 3.05) is 18.4 Å². The van der Waals surface area contributed by atoms with Crippen molar-refractivity contribution in [2.24, 2.45) is 0 Å². The first-order valence-electron chi connectivity index (χ1n) is 5.33. The molecule has 6 nitrogen and oxygen atoms in total. The fourth-order valence-electron chi connectivity index (χ4n) is 1.76. The number of rotatable bonds is 3. The number of piperidine rings is 1. The summed E-state index contributed by atoms with van der Waals surface area (Å²) in [5.74, 6) is 0.694. The largest absolute Gasteiger partial charge is 0.366 e. The summed E-state index contributed by atoms with van der Waals surface area (Å²) in [5.41, 5.74) is 0.0207. The molecule has 2 rings (SSSR count). The van der Waals surface area contributed by atoms with Gasteiger partial charge in [0.15, 0.2) is 0 Å². The lowest BCUT2D eigenvalue weighted by atomic mass is 10.1. The fraction of sp³-hybridized carbons (Fsp3) is 0.500. The Morgan fingerprint density at radius 3 is 3.00 bits per heavy atom. The number of pyridine rings is 1. The first kappa shape index (κ1) is 10.8. The van der Waals surface area contributed by atoms with Crippen molar-refractivity contribution in [3.8, 4) is 0 Å². The lowest BCUT2D eigenvalue weighted by Crippen LogP contribution is -2.38. The van der Waals surface area contributed by atoms with Crippen LogP contribution in [-0.4, -0.2) is 29.0 Å². The van der Waals surface area contributed by atoms with E-state index in [1.54, 1.807) is 6.07 Å². The topological polar surface area (TPSA) is 80.1 Å². The van der Waals surface area contributed by atoms with Crippen molar-refractivity contribution >= 4 is 11.5 Å². The highest BCUT2D eigenvalue weighted by atomic mass is 16.6. The predicted molar refractivity (Wildman–Crippen MR) is 60.4 cm³/mol. The van der Waals surface area contributed by atoms with Crippen molar-refractivity contribution in [1.82, 2.24) is 10.3 Å². The summed E-state index contributed by atoms with van der Waals surface area (Å²) in [6.07, 6.45) is 3.52. The van der Waals surface area contributed by atoms with Gasteiger partial charge in [-0.25, -0.2) is 4.98 Å². The Morgan fingerprint density at radius 2 is 2.44 bits per heavy atom. The Balaban J connectivity index is 1.96. The summed E-state index contributed by atoms with van der Waals surface area (Å²) in [6, 6.07) is 3.47. The Morgan fingerprint density at radius 1 is 1.56 bits per heavy atom. The van der Waals surface area contributed by atoms with Gasteiger partial charge in [0.2, 0.25) is 0 Å². The molecule has 1 fully saturated rings. The van der Waals surface area contributed by atoms with Crippen LogP contribution >= 0.6 is 0 Å². The van der Waals surface area contributed by atoms with Gasteiger partial charge in [-0.3, -0.25) is 10.1 Å². The van der Waals surface area contributed by atoms with Gasteiger partial charge in [-0.2, -0.15) is 0 Å². The van der Waals surface area contributed by atoms with Gasteiger partial charge in [0, 0.05) is 18.7 Å². The average molecular weight is 222 g/mol. The average Bonchev–Trinajstić information content (AvgIpc) is 2.31. The highest BCUT2D eigenvalue weighted by molar-refractivity contribution is 5.40. The van der Waals surface area contributed by atoms with E-state index >= 15 is 0 Å². The summed E-state index contributed by atoms with van der Waals surface area (Å²) in [6.45, 7) is 1.98. The molecule has 6 heteroatoms. The number of anilines is 1. The molecule has 0 radical (unpaired) electrons. The van der Waals surface area contributed by atoms with Crippen molar-refractivity contribution in [1.29, 1.82) is 0 Å². The molecule has 0 amide bonds. The molecule has 2 heterocycles. The molecule has 0 saturated carbocycles. The predicted octanol–water partition coefficient (Wildman–Crippen LogP) is 1.15. The minimum absolute atomic E-state index is 0.0207. The molecule has 86 valence electrons. The molecule has 1 aliphatic rings. The third-order valence-corrected chi connectivity index (χ3v) is 2.61. The molecular weight excluding hydrogens is 208 g/mol. The second-order valence-corrected chi connectivity index (χ2v) is 3.85. The summed E-state index contributed by atoms with van der Waals surface area (Å²) >= 11 is 0. The molecule has 1 aromatic rings. The molecule has 2 N–H and O–H groups in total. The molecule has 1 unspecified atom stereocenters. The van der Waals surface area contributed by atoms with Crippen LogP contribution in [0.3, 0.4) is 0 Å².